The van der Waals surface area contributed by atoms with Crippen molar-refractivity contribution in [1.82, 2.24) is 0 Å². The number of nitrogens with one attached hydrogen (secondary N) is 1. The molecule has 1 aliphatic heterocycles. The lowest BCUT2D eigenvalue weighted by Gasteiger charge is -2.30. The van der Waals surface area contributed by atoms with Gasteiger partial charge >= 0.3 is 0 Å². The van der Waals surface area contributed by atoms with Crippen LogP contribution in [0.2, 0.25) is 0 Å². The number of benzene rings is 1. The van der Waals surface area contributed by atoms with E-state index in [-0.39, 0.29) is 18.2 Å². The molecule has 0 atom stereocenters. The topological polar surface area (TPSA) is 62.3 Å². The number of nitrogens with zero attached hydrogens (tertiary/aromatic N) is 1. The Kier molecular flexibility index (Phi) is 4.58. The maximum atomic E-state index is 7.51. The van der Waals surface area contributed by atoms with E-state index in [0.717, 1.165) is 37.6 Å². The van der Waals surface area contributed by atoms with Crippen LogP contribution < -0.4 is 10.6 Å². The van der Waals surface area contributed by atoms with Crippen molar-refractivity contribution in [2.75, 3.05) is 31.2 Å². The van der Waals surface area contributed by atoms with Crippen LogP contribution in [-0.4, -0.2) is 32.1 Å². The van der Waals surface area contributed by atoms with Crippen LogP contribution in [0.4, 0.5) is 5.69 Å². The molecular weight excluding hydrogens is 226 g/mol. The number of morpholine rings is 1. The molecular formula is C11H16ClN3O. The summed E-state index contributed by atoms with van der Waals surface area (Å²) < 4.78 is 5.29. The number of ether oxygens (including phenoxy) is 1. The van der Waals surface area contributed by atoms with E-state index in [4.69, 9.17) is 15.9 Å². The van der Waals surface area contributed by atoms with E-state index in [1.807, 2.05) is 24.3 Å². The molecule has 2 rings (SSSR count). The van der Waals surface area contributed by atoms with Crippen LogP contribution in [0.3, 0.4) is 0 Å². The first-order valence-corrected chi connectivity index (χ1v) is 5.05. The number of nitrogen functional groups attached to an aromatic ring is 1. The Labute approximate surface area is 101 Å². The Morgan fingerprint density at radius 3 is 2.50 bits per heavy atom. The van der Waals surface area contributed by atoms with E-state index >= 15 is 0 Å². The van der Waals surface area contributed by atoms with Crippen LogP contribution in [0.1, 0.15) is 5.56 Å². The lowest BCUT2D eigenvalue weighted by atomic mass is 10.1. The van der Waals surface area contributed by atoms with Gasteiger partial charge in [-0.2, -0.15) is 0 Å². The van der Waals surface area contributed by atoms with Crippen molar-refractivity contribution in [3.63, 3.8) is 0 Å². The number of para-hydroxylation sites is 1. The molecule has 1 aromatic rings. The minimum Gasteiger partial charge on any atom is -0.384 e. The summed E-state index contributed by atoms with van der Waals surface area (Å²) in [5.41, 5.74) is 7.39. The van der Waals surface area contributed by atoms with Crippen molar-refractivity contribution >= 4 is 23.9 Å². The molecule has 3 N–H and O–H groups in total. The fourth-order valence-corrected chi connectivity index (χ4v) is 1.78. The summed E-state index contributed by atoms with van der Waals surface area (Å²) >= 11 is 0. The van der Waals surface area contributed by atoms with Gasteiger partial charge in [-0.25, -0.2) is 0 Å². The molecule has 0 aliphatic carbocycles. The monoisotopic (exact) mass is 241 g/mol. The second kappa shape index (κ2) is 5.72. The third-order valence-electron chi connectivity index (χ3n) is 2.55. The van der Waals surface area contributed by atoms with Crippen LogP contribution in [0.25, 0.3) is 0 Å². The van der Waals surface area contributed by atoms with Crippen LogP contribution in [0.5, 0.6) is 0 Å². The summed E-state index contributed by atoms with van der Waals surface area (Å²) in [5, 5.41) is 7.51. The zero-order chi connectivity index (χ0) is 10.7. The van der Waals surface area contributed by atoms with Gasteiger partial charge < -0.3 is 15.4 Å². The van der Waals surface area contributed by atoms with Gasteiger partial charge in [0.15, 0.2) is 0 Å². The summed E-state index contributed by atoms with van der Waals surface area (Å²) in [5.74, 6) is 0.122. The SMILES string of the molecule is Cl.N=C(N)c1ccccc1N1CCOCC1. The Hall–Kier alpha value is -1.26. The molecule has 88 valence electrons. The molecule has 0 spiro atoms. The van der Waals surface area contributed by atoms with Gasteiger partial charge in [-0.05, 0) is 12.1 Å². The van der Waals surface area contributed by atoms with E-state index in [0.29, 0.717) is 0 Å². The van der Waals surface area contributed by atoms with Gasteiger partial charge in [0.1, 0.15) is 5.84 Å². The molecule has 5 heteroatoms. The van der Waals surface area contributed by atoms with Gasteiger partial charge in [0.25, 0.3) is 0 Å². The van der Waals surface area contributed by atoms with Gasteiger partial charge in [0.05, 0.1) is 13.2 Å². The van der Waals surface area contributed by atoms with Crippen molar-refractivity contribution in [3.05, 3.63) is 29.8 Å². The van der Waals surface area contributed by atoms with E-state index in [2.05, 4.69) is 4.90 Å². The van der Waals surface area contributed by atoms with Crippen LogP contribution >= 0.6 is 12.4 Å². The zero-order valence-electron chi connectivity index (χ0n) is 8.98. The quantitative estimate of drug-likeness (QED) is 0.605. The van der Waals surface area contributed by atoms with Crippen molar-refractivity contribution < 1.29 is 4.74 Å². The molecule has 0 amide bonds. The second-order valence-electron chi connectivity index (χ2n) is 3.53. The van der Waals surface area contributed by atoms with Gasteiger partial charge in [-0.15, -0.1) is 12.4 Å². The molecule has 0 aromatic heterocycles. The van der Waals surface area contributed by atoms with Crippen LogP contribution in [-0.2, 0) is 4.74 Å². The summed E-state index contributed by atoms with van der Waals surface area (Å²) in [4.78, 5) is 2.21. The fourth-order valence-electron chi connectivity index (χ4n) is 1.78. The van der Waals surface area contributed by atoms with Gasteiger partial charge in [0, 0.05) is 24.3 Å². The predicted octanol–water partition coefficient (Wildman–Crippen LogP) is 1.23. The van der Waals surface area contributed by atoms with E-state index in [9.17, 15) is 0 Å². The van der Waals surface area contributed by atoms with Crippen molar-refractivity contribution in [2.24, 2.45) is 5.73 Å². The molecule has 1 fully saturated rings. The Morgan fingerprint density at radius 1 is 1.25 bits per heavy atom. The fraction of sp³-hybridized carbons (Fsp3) is 0.364. The van der Waals surface area contributed by atoms with Gasteiger partial charge in [-0.1, -0.05) is 12.1 Å². The first-order valence-electron chi connectivity index (χ1n) is 5.05. The number of amidine groups is 1. The number of hydrogen-bond donors (Lipinski definition) is 2. The molecule has 1 saturated heterocycles. The molecule has 1 aliphatic rings. The molecule has 16 heavy (non-hydrogen) atoms. The average molecular weight is 242 g/mol. The third kappa shape index (κ3) is 2.65. The molecule has 0 radical (unpaired) electrons. The standard InChI is InChI=1S/C11H15N3O.ClH/c12-11(13)9-3-1-2-4-10(9)14-5-7-15-8-6-14;/h1-4H,5-8H2,(H3,12,13);1H. The number of halogens is 1. The molecule has 1 heterocycles. The largest absolute Gasteiger partial charge is 0.384 e. The minimum absolute atomic E-state index is 0. The number of anilines is 1. The maximum Gasteiger partial charge on any atom is 0.124 e. The molecule has 1 aromatic carbocycles. The summed E-state index contributed by atoms with van der Waals surface area (Å²) in [6.45, 7) is 3.22. The highest BCUT2D eigenvalue weighted by atomic mass is 35.5. The third-order valence-corrected chi connectivity index (χ3v) is 2.55. The highest BCUT2D eigenvalue weighted by molar-refractivity contribution is 6.00. The smallest absolute Gasteiger partial charge is 0.124 e. The van der Waals surface area contributed by atoms with E-state index in [1.54, 1.807) is 0 Å². The molecule has 0 unspecified atom stereocenters. The highest BCUT2D eigenvalue weighted by Crippen LogP contribution is 2.20. The van der Waals surface area contributed by atoms with E-state index in [1.165, 1.54) is 0 Å². The average Bonchev–Trinajstić information content (AvgIpc) is 2.30. The highest BCUT2D eigenvalue weighted by Gasteiger charge is 2.14. The number of hydrogen-bond acceptors (Lipinski definition) is 3. The molecule has 0 bridgehead atoms. The number of nitrogens with two attached hydrogens (primary N) is 1. The molecule has 0 saturated carbocycles. The van der Waals surface area contributed by atoms with Gasteiger partial charge in [0.2, 0.25) is 0 Å². The van der Waals surface area contributed by atoms with Crippen molar-refractivity contribution in [1.29, 1.82) is 5.41 Å². The Bertz CT molecular complexity index is 364. The summed E-state index contributed by atoms with van der Waals surface area (Å²) in [6.07, 6.45) is 0. The van der Waals surface area contributed by atoms with Gasteiger partial charge in [-0.3, -0.25) is 5.41 Å². The second-order valence-corrected chi connectivity index (χ2v) is 3.53. The molecule has 4 nitrogen and oxygen atoms in total. The lowest BCUT2D eigenvalue weighted by Crippen LogP contribution is -2.37. The van der Waals surface area contributed by atoms with Crippen molar-refractivity contribution in [3.8, 4) is 0 Å². The first-order chi connectivity index (χ1) is 7.29. The van der Waals surface area contributed by atoms with Crippen LogP contribution in [0, 0.1) is 5.41 Å². The maximum absolute atomic E-state index is 7.51. The first kappa shape index (κ1) is 12.8. The Morgan fingerprint density at radius 2 is 1.88 bits per heavy atom. The van der Waals surface area contributed by atoms with Crippen molar-refractivity contribution in [2.45, 2.75) is 0 Å². The lowest BCUT2D eigenvalue weighted by molar-refractivity contribution is 0.122. The normalized spacial score (nSPS) is 15.4. The van der Waals surface area contributed by atoms with E-state index < -0.39 is 0 Å². The minimum atomic E-state index is 0. The number of rotatable bonds is 2. The Balaban J connectivity index is 0.00000128. The predicted molar refractivity (Wildman–Crippen MR) is 67.7 cm³/mol. The zero-order valence-corrected chi connectivity index (χ0v) is 9.80. The summed E-state index contributed by atoms with van der Waals surface area (Å²) in [6, 6.07) is 7.76. The van der Waals surface area contributed by atoms with Crippen LogP contribution in [0.15, 0.2) is 24.3 Å². The summed E-state index contributed by atoms with van der Waals surface area (Å²) in [7, 11) is 0.